The molecule has 0 aliphatic carbocycles. The number of fused-ring (bicyclic) bond motifs is 20. The second-order valence-electron chi connectivity index (χ2n) is 25.1. The van der Waals surface area contributed by atoms with Gasteiger partial charge >= 0.3 is 5.97 Å². The van der Waals surface area contributed by atoms with Gasteiger partial charge in [0.2, 0.25) is 53.2 Å². The summed E-state index contributed by atoms with van der Waals surface area (Å²) in [6.07, 6.45) is -6.27. The monoisotopic (exact) mass is 1520 g/mol. The van der Waals surface area contributed by atoms with Crippen LogP contribution >= 0.6 is 74.6 Å². The summed E-state index contributed by atoms with van der Waals surface area (Å²) in [5, 5.41) is 59.4. The Hall–Kier alpha value is -6.54. The third kappa shape index (κ3) is 26.7. The van der Waals surface area contributed by atoms with E-state index in [-0.39, 0.29) is 84.2 Å². The largest absolute Gasteiger partial charge is 0.508 e. The number of aromatic hydroxyl groups is 2. The molecular weight excluding hydrogens is 1440 g/mol. The van der Waals surface area contributed by atoms with Gasteiger partial charge in [-0.15, -0.1) is 0 Å². The third-order valence-electron chi connectivity index (χ3n) is 16.9. The van der Waals surface area contributed by atoms with Crippen LogP contribution in [0.25, 0.3) is 0 Å². The van der Waals surface area contributed by atoms with E-state index in [2.05, 4.69) is 37.2 Å². The molecule has 6 rings (SSSR count). The molecule has 4 fully saturated rings. The molecule has 4 saturated heterocycles. The first-order valence-corrected chi connectivity index (χ1v) is 41.2. The predicted octanol–water partition coefficient (Wildman–Crippen LogP) is 1.24. The number of carbonyl (C=O) groups excluding carboxylic acids is 14. The number of phenols is 2. The highest BCUT2D eigenvalue weighted by molar-refractivity contribution is 9.09. The van der Waals surface area contributed by atoms with E-state index in [0.29, 0.717) is 12.0 Å². The van der Waals surface area contributed by atoms with Crippen molar-refractivity contribution in [3.8, 4) is 11.5 Å². The maximum absolute atomic E-state index is 15.1. The van der Waals surface area contributed by atoms with Crippen molar-refractivity contribution in [2.75, 3.05) is 41.1 Å². The van der Waals surface area contributed by atoms with E-state index >= 15 is 9.59 Å². The number of ketones is 5. The lowest BCUT2D eigenvalue weighted by molar-refractivity contribution is -0.143. The van der Waals surface area contributed by atoms with Crippen molar-refractivity contribution in [1.82, 2.24) is 42.1 Å². The van der Waals surface area contributed by atoms with Crippen molar-refractivity contribution < 1.29 is 92.3 Å². The van der Waals surface area contributed by atoms with Gasteiger partial charge in [-0.1, -0.05) is 96.0 Å². The van der Waals surface area contributed by atoms with Crippen LogP contribution in [0.5, 0.6) is 11.5 Å². The molecule has 4 bridgehead atoms. The number of primary amides is 1. The second-order valence-corrected chi connectivity index (χ2v) is 34.5. The number of nitrogens with two attached hydrogens (primary N) is 2. The van der Waals surface area contributed by atoms with E-state index in [1.807, 2.05) is 6.92 Å². The number of phenolic OH excluding ortho intramolecular Hbond substituents is 2. The maximum Gasteiger partial charge on any atom is 0.303 e. The first-order chi connectivity index (χ1) is 47.5. The van der Waals surface area contributed by atoms with Gasteiger partial charge in [-0.25, -0.2) is 0 Å². The molecule has 0 spiro atoms. The summed E-state index contributed by atoms with van der Waals surface area (Å²) < 4.78 is 0. The van der Waals surface area contributed by atoms with Crippen LogP contribution in [0.1, 0.15) is 103 Å². The van der Waals surface area contributed by atoms with Gasteiger partial charge in [0, 0.05) is 91.9 Å². The van der Waals surface area contributed by atoms with Gasteiger partial charge in [0.1, 0.15) is 41.7 Å². The minimum absolute atomic E-state index is 0.0388. The fraction of sp³-hybridized carbons (Fsp3) is 0.578. The number of carboxylic acid groups (broad SMARTS) is 1. The minimum atomic E-state index is -1.77. The zero-order chi connectivity index (χ0) is 73.3. The summed E-state index contributed by atoms with van der Waals surface area (Å²) in [6.45, 7) is 4.27. The zero-order valence-electron chi connectivity index (χ0n) is 55.2. The lowest BCUT2D eigenvalue weighted by atomic mass is 9.89. The van der Waals surface area contributed by atoms with Gasteiger partial charge in [-0.05, 0) is 97.1 Å². The average Bonchev–Trinajstić information content (AvgIpc) is 1.61. The molecule has 2 aromatic rings. The number of nitrogens with one attached hydrogen (secondary N) is 7. The Morgan fingerprint density at radius 2 is 1.16 bits per heavy atom. The van der Waals surface area contributed by atoms with Crippen LogP contribution in [0.2, 0.25) is 0 Å². The SMILES string of the molecule is C[C@@H](CC(=O)[C@@H]1CSSSC[C@@H]2NC(=O)[C@H](Cc3ccc(O)cc3)CC(=O)[C@H](CCC(=O)O)NC(=O)[C@@H]3CSSC[C@H](CC(=O)[C@H](C)NC(=O)[C@@H]4CCCN4C(=O)[C@H](CC(N)=O)NC(=O)[C@H](CSSC[C@H](N)C(=O)C3)NC2=O)C(=O)N[C@@H]([C@H](C)O)C(=O)CCC(=O)N1)Cc1ccc(O)cc1. The quantitative estimate of drug-likeness (QED) is 0.125. The first kappa shape index (κ1) is 82.4. The van der Waals surface area contributed by atoms with Gasteiger partial charge in [0.15, 0.2) is 28.9 Å². The Morgan fingerprint density at radius 1 is 0.600 bits per heavy atom. The number of aliphatic hydroxyl groups is 1. The summed E-state index contributed by atoms with van der Waals surface area (Å²) in [5.74, 6) is -19.5. The molecule has 14 atom stereocenters. The third-order valence-corrected chi connectivity index (χ3v) is 26.1. The summed E-state index contributed by atoms with van der Waals surface area (Å²) in [6, 6.07) is -1.56. The number of Topliss-reactive ketones (excluding diaryl/α,β-unsaturated/α-hetero) is 5. The number of aliphatic carboxylic acids is 1. The van der Waals surface area contributed by atoms with Crippen LogP contribution in [-0.2, 0) is 84.8 Å². The Bertz CT molecular complexity index is 3300. The molecule has 4 heterocycles. The van der Waals surface area contributed by atoms with E-state index in [1.165, 1.54) is 50.2 Å². The number of amides is 9. The lowest BCUT2D eigenvalue weighted by Gasteiger charge is -2.30. The highest BCUT2D eigenvalue weighted by Gasteiger charge is 2.42. The van der Waals surface area contributed by atoms with Gasteiger partial charge in [0.25, 0.3) is 0 Å². The molecule has 2 aromatic carbocycles. The lowest BCUT2D eigenvalue weighted by Crippen LogP contribution is -2.60. The van der Waals surface area contributed by atoms with Crippen LogP contribution in [-0.4, -0.2) is 215 Å². The highest BCUT2D eigenvalue weighted by Crippen LogP contribution is 2.37. The average molecular weight is 1520 g/mol. The fourth-order valence-electron chi connectivity index (χ4n) is 11.2. The molecule has 0 saturated carbocycles. The van der Waals surface area contributed by atoms with Crippen molar-refractivity contribution >= 4 is 163 Å². The highest BCUT2D eigenvalue weighted by atomic mass is 33.5. The van der Waals surface area contributed by atoms with Gasteiger partial charge in [-0.3, -0.25) is 71.9 Å². The molecule has 15 N–H and O–H groups in total. The summed E-state index contributed by atoms with van der Waals surface area (Å²) in [7, 11) is 6.83. The van der Waals surface area contributed by atoms with Crippen LogP contribution in [0.3, 0.4) is 0 Å². The van der Waals surface area contributed by atoms with Crippen molar-refractivity contribution in [2.45, 2.75) is 165 Å². The van der Waals surface area contributed by atoms with Gasteiger partial charge < -0.3 is 74.0 Å². The van der Waals surface area contributed by atoms with Gasteiger partial charge in [0.05, 0.1) is 48.5 Å². The van der Waals surface area contributed by atoms with Crippen LogP contribution in [0.15, 0.2) is 48.5 Å². The van der Waals surface area contributed by atoms with Crippen molar-refractivity contribution in [1.29, 1.82) is 0 Å². The maximum atomic E-state index is 15.1. The van der Waals surface area contributed by atoms with Crippen LogP contribution in [0, 0.1) is 23.7 Å². The van der Waals surface area contributed by atoms with E-state index in [9.17, 15) is 82.8 Å². The van der Waals surface area contributed by atoms with E-state index in [4.69, 9.17) is 11.5 Å². The number of rotatable bonds is 13. The molecule has 0 aromatic heterocycles. The Labute approximate surface area is 605 Å². The number of benzene rings is 2. The summed E-state index contributed by atoms with van der Waals surface area (Å²) in [4.78, 5) is 215. The molecular formula is C64H86N10O19S7. The number of nitrogens with zero attached hydrogens (tertiary/aromatic N) is 1. The first-order valence-electron chi connectivity index (χ1n) is 32.4. The normalized spacial score (nSPS) is 28.0. The van der Waals surface area contributed by atoms with Crippen LogP contribution < -0.4 is 48.7 Å². The number of aliphatic hydroxyl groups excluding tert-OH is 1. The van der Waals surface area contributed by atoms with E-state index in [0.717, 1.165) is 85.1 Å². The Kier molecular flexibility index (Phi) is 33.7. The van der Waals surface area contributed by atoms with Crippen LogP contribution in [0.4, 0.5) is 0 Å². The molecule has 4 aliphatic rings. The molecule has 100 heavy (non-hydrogen) atoms. The number of hydrogen-bond donors (Lipinski definition) is 13. The fourth-order valence-corrected chi connectivity index (χ4v) is 20.1. The van der Waals surface area contributed by atoms with Crippen molar-refractivity contribution in [3.05, 3.63) is 59.7 Å². The standard InChI is InChI=1S/C64H86N10O19S7/c1-32(19-35-6-10-40(76)11-7-35)20-52(81)45-29-98-100-99-31-47-62(91)72-46-30-97-96-28-42(65)51(80)24-39(59(88)69-43(14-17-56(85)86)53(82)22-37(58(87)71-47)21-36-8-12-41(77)13-9-36)27-95-94-26-38(60(89)73-57(34(3)75)49(78)15-16-55(84)68-45)23-50(79)33(2)67-63(92)48-5-4-18-74(48)64(93)44(25-54(66)83)70-61(46)90/h6-13,32-34,37-39,42-48,57,75-77H,4-5,14-31,65H2,1-3H3,(H2,66,83)(H,67,92)(H,68,84)(H,69,88)(H,70,90)(H,71,87)(H,72,91)(H,73,89)(H,85,86)/t32-,33+,34+,37-,38+,39+,42+,43+,44+,45+,46+,47+,48+,57+/m1/s1. The second kappa shape index (κ2) is 40.9. The minimum Gasteiger partial charge on any atom is -0.508 e. The van der Waals surface area contributed by atoms with E-state index < -0.39 is 218 Å². The molecule has 4 aliphatic heterocycles. The number of carboxylic acids is 1. The Balaban J connectivity index is 1.53. The topological polar surface area (TPSA) is 476 Å². The van der Waals surface area contributed by atoms with Crippen molar-refractivity contribution in [2.24, 2.45) is 35.1 Å². The molecule has 9 amide bonds. The Morgan fingerprint density at radius 3 is 1.79 bits per heavy atom. The molecule has 0 unspecified atom stereocenters. The summed E-state index contributed by atoms with van der Waals surface area (Å²) in [5.41, 5.74) is 13.4. The van der Waals surface area contributed by atoms with Crippen molar-refractivity contribution in [3.63, 3.8) is 0 Å². The zero-order valence-corrected chi connectivity index (χ0v) is 60.9. The molecule has 548 valence electrons. The number of hydrogen-bond acceptors (Lipinski definition) is 26. The molecule has 29 nitrogen and oxygen atoms in total. The van der Waals surface area contributed by atoms with E-state index in [1.54, 1.807) is 12.1 Å². The predicted molar refractivity (Wildman–Crippen MR) is 383 cm³/mol. The van der Waals surface area contributed by atoms with Gasteiger partial charge in [-0.2, -0.15) is 0 Å². The molecule has 0 radical (unpaired) electrons. The number of carbonyl (C=O) groups is 15. The molecule has 36 heteroatoms. The smallest absolute Gasteiger partial charge is 0.303 e. The summed E-state index contributed by atoms with van der Waals surface area (Å²) >= 11 is 0.